The number of hydrogen-bond donors (Lipinski definition) is 1. The first kappa shape index (κ1) is 15.5. The number of ether oxygens (including phenoxy) is 2. The highest BCUT2D eigenvalue weighted by Gasteiger charge is 2.25. The van der Waals surface area contributed by atoms with Crippen molar-refractivity contribution in [2.75, 3.05) is 33.5 Å². The van der Waals surface area contributed by atoms with Crippen LogP contribution in [-0.2, 0) is 20.8 Å². The largest absolute Gasteiger partial charge is 0.384 e. The van der Waals surface area contributed by atoms with Gasteiger partial charge in [0.2, 0.25) is 0 Å². The Kier molecular flexibility index (Phi) is 5.76. The van der Waals surface area contributed by atoms with Gasteiger partial charge in [-0.15, -0.1) is 0 Å². The van der Waals surface area contributed by atoms with Crippen molar-refractivity contribution in [3.05, 3.63) is 35.4 Å². The maximum absolute atomic E-state index is 12.2. The van der Waals surface area contributed by atoms with E-state index < -0.39 is 6.10 Å². The van der Waals surface area contributed by atoms with E-state index in [9.17, 15) is 4.79 Å². The molecule has 1 aliphatic heterocycles. The first-order valence-corrected chi connectivity index (χ1v) is 6.83. The molecule has 1 atom stereocenters. The van der Waals surface area contributed by atoms with Crippen LogP contribution in [0.3, 0.4) is 0 Å². The molecule has 2 rings (SSSR count). The summed E-state index contributed by atoms with van der Waals surface area (Å²) in [5.74, 6) is 5.38. The molecule has 1 aliphatic rings. The number of rotatable bonds is 3. The van der Waals surface area contributed by atoms with E-state index in [1.807, 2.05) is 24.3 Å². The standard InChI is InChI=1S/C16H19NO4/c1-17(16(19)15-12-20-8-9-21-15)11-14-5-2-4-13(10-14)6-3-7-18/h2,4-5,10,15,18H,7-9,11-12H2,1H3. The summed E-state index contributed by atoms with van der Waals surface area (Å²) in [6.07, 6.45) is -0.513. The van der Waals surface area contributed by atoms with E-state index in [4.69, 9.17) is 14.6 Å². The van der Waals surface area contributed by atoms with Crippen molar-refractivity contribution in [3.63, 3.8) is 0 Å². The summed E-state index contributed by atoms with van der Waals surface area (Å²) < 4.78 is 10.7. The van der Waals surface area contributed by atoms with E-state index in [1.54, 1.807) is 11.9 Å². The molecule has 1 fully saturated rings. The molecule has 1 aromatic rings. The van der Waals surface area contributed by atoms with Crippen LogP contribution in [0.15, 0.2) is 24.3 Å². The summed E-state index contributed by atoms with van der Waals surface area (Å²) >= 11 is 0. The maximum Gasteiger partial charge on any atom is 0.254 e. The third-order valence-electron chi connectivity index (χ3n) is 3.13. The molecule has 0 spiro atoms. The Morgan fingerprint density at radius 3 is 3.05 bits per heavy atom. The van der Waals surface area contributed by atoms with Crippen LogP contribution in [-0.4, -0.2) is 55.5 Å². The van der Waals surface area contributed by atoms with Crippen LogP contribution in [0, 0.1) is 11.8 Å². The van der Waals surface area contributed by atoms with Crippen molar-refractivity contribution in [1.29, 1.82) is 0 Å². The summed E-state index contributed by atoms with van der Waals surface area (Å²) in [4.78, 5) is 13.8. The molecular weight excluding hydrogens is 270 g/mol. The molecule has 5 nitrogen and oxygen atoms in total. The minimum atomic E-state index is -0.513. The fourth-order valence-corrected chi connectivity index (χ4v) is 2.12. The van der Waals surface area contributed by atoms with Crippen molar-refractivity contribution in [2.24, 2.45) is 0 Å². The number of aliphatic hydroxyl groups excluding tert-OH is 1. The lowest BCUT2D eigenvalue weighted by Crippen LogP contribution is -2.43. The monoisotopic (exact) mass is 289 g/mol. The third kappa shape index (κ3) is 4.57. The van der Waals surface area contributed by atoms with E-state index in [0.29, 0.717) is 26.4 Å². The number of amides is 1. The Morgan fingerprint density at radius 2 is 2.33 bits per heavy atom. The predicted molar refractivity (Wildman–Crippen MR) is 77.4 cm³/mol. The van der Waals surface area contributed by atoms with Gasteiger partial charge in [0.15, 0.2) is 6.10 Å². The van der Waals surface area contributed by atoms with Crippen molar-refractivity contribution in [1.82, 2.24) is 4.90 Å². The Morgan fingerprint density at radius 1 is 1.48 bits per heavy atom. The molecule has 1 amide bonds. The molecular formula is C16H19NO4. The summed E-state index contributed by atoms with van der Waals surface area (Å²) in [6, 6.07) is 7.60. The Labute approximate surface area is 124 Å². The fourth-order valence-electron chi connectivity index (χ4n) is 2.12. The van der Waals surface area contributed by atoms with Crippen LogP contribution < -0.4 is 0 Å². The molecule has 0 radical (unpaired) electrons. The van der Waals surface area contributed by atoms with Gasteiger partial charge in [-0.25, -0.2) is 0 Å². The maximum atomic E-state index is 12.2. The zero-order valence-electron chi connectivity index (χ0n) is 12.0. The molecule has 0 bridgehead atoms. The number of aliphatic hydroxyl groups is 1. The summed E-state index contributed by atoms with van der Waals surface area (Å²) in [5.41, 5.74) is 1.80. The predicted octanol–water partition coefficient (Wildman–Crippen LogP) is 0.404. The molecule has 21 heavy (non-hydrogen) atoms. The smallest absolute Gasteiger partial charge is 0.254 e. The molecule has 0 saturated carbocycles. The van der Waals surface area contributed by atoms with Gasteiger partial charge < -0.3 is 19.5 Å². The van der Waals surface area contributed by atoms with E-state index in [2.05, 4.69) is 11.8 Å². The van der Waals surface area contributed by atoms with Gasteiger partial charge in [0.05, 0.1) is 19.8 Å². The second kappa shape index (κ2) is 7.79. The van der Waals surface area contributed by atoms with Crippen LogP contribution in [0.1, 0.15) is 11.1 Å². The Bertz CT molecular complexity index is 541. The highest BCUT2D eigenvalue weighted by molar-refractivity contribution is 5.80. The highest BCUT2D eigenvalue weighted by Crippen LogP contribution is 2.10. The van der Waals surface area contributed by atoms with Gasteiger partial charge in [-0.1, -0.05) is 24.0 Å². The molecule has 1 heterocycles. The molecule has 5 heteroatoms. The molecule has 1 saturated heterocycles. The quantitative estimate of drug-likeness (QED) is 0.819. The van der Waals surface area contributed by atoms with E-state index in [0.717, 1.165) is 11.1 Å². The first-order chi connectivity index (χ1) is 10.2. The van der Waals surface area contributed by atoms with Gasteiger partial charge >= 0.3 is 0 Å². The average Bonchev–Trinajstić information content (AvgIpc) is 2.53. The van der Waals surface area contributed by atoms with Crippen LogP contribution in [0.5, 0.6) is 0 Å². The minimum absolute atomic E-state index is 0.0819. The summed E-state index contributed by atoms with van der Waals surface area (Å²) in [7, 11) is 1.74. The second-order valence-corrected chi connectivity index (χ2v) is 4.79. The van der Waals surface area contributed by atoms with Gasteiger partial charge in [0.25, 0.3) is 5.91 Å². The van der Waals surface area contributed by atoms with E-state index in [1.165, 1.54) is 0 Å². The molecule has 1 unspecified atom stereocenters. The number of likely N-dealkylation sites (N-methyl/N-ethyl adjacent to an activating group) is 1. The van der Waals surface area contributed by atoms with Crippen molar-refractivity contribution in [2.45, 2.75) is 12.6 Å². The van der Waals surface area contributed by atoms with E-state index >= 15 is 0 Å². The van der Waals surface area contributed by atoms with Gasteiger partial charge in [0, 0.05) is 19.2 Å². The van der Waals surface area contributed by atoms with Crippen LogP contribution >= 0.6 is 0 Å². The zero-order chi connectivity index (χ0) is 15.1. The van der Waals surface area contributed by atoms with Crippen molar-refractivity contribution < 1.29 is 19.4 Å². The summed E-state index contributed by atoms with van der Waals surface area (Å²) in [5, 5.41) is 8.71. The molecule has 0 aromatic heterocycles. The van der Waals surface area contributed by atoms with Gasteiger partial charge in [0.1, 0.15) is 6.61 Å². The molecule has 112 valence electrons. The molecule has 1 N–H and O–H groups in total. The van der Waals surface area contributed by atoms with Crippen molar-refractivity contribution in [3.8, 4) is 11.8 Å². The number of carbonyl (C=O) groups excluding carboxylic acids is 1. The SMILES string of the molecule is CN(Cc1cccc(C#CCO)c1)C(=O)C1COCCO1. The van der Waals surface area contributed by atoms with Crippen LogP contribution in [0.2, 0.25) is 0 Å². The number of benzene rings is 1. The number of nitrogens with zero attached hydrogens (tertiary/aromatic N) is 1. The highest BCUT2D eigenvalue weighted by atomic mass is 16.6. The lowest BCUT2D eigenvalue weighted by molar-refractivity contribution is -0.157. The lowest BCUT2D eigenvalue weighted by Gasteiger charge is -2.26. The summed E-state index contributed by atoms with van der Waals surface area (Å²) in [6.45, 7) is 1.62. The number of carbonyl (C=O) groups is 1. The van der Waals surface area contributed by atoms with Gasteiger partial charge in [-0.05, 0) is 17.7 Å². The van der Waals surface area contributed by atoms with Crippen LogP contribution in [0.4, 0.5) is 0 Å². The second-order valence-electron chi connectivity index (χ2n) is 4.79. The average molecular weight is 289 g/mol. The van der Waals surface area contributed by atoms with Gasteiger partial charge in [-0.3, -0.25) is 4.79 Å². The topological polar surface area (TPSA) is 59.0 Å². The van der Waals surface area contributed by atoms with Crippen molar-refractivity contribution >= 4 is 5.91 Å². The fraction of sp³-hybridized carbons (Fsp3) is 0.438. The van der Waals surface area contributed by atoms with E-state index in [-0.39, 0.29) is 12.5 Å². The van der Waals surface area contributed by atoms with Crippen LogP contribution in [0.25, 0.3) is 0 Å². The zero-order valence-corrected chi connectivity index (χ0v) is 12.0. The normalized spacial score (nSPS) is 17.7. The Balaban J connectivity index is 1.98. The molecule has 0 aliphatic carbocycles. The third-order valence-corrected chi connectivity index (χ3v) is 3.13. The first-order valence-electron chi connectivity index (χ1n) is 6.83. The molecule has 1 aromatic carbocycles. The minimum Gasteiger partial charge on any atom is -0.384 e. The number of hydrogen-bond acceptors (Lipinski definition) is 4. The lowest BCUT2D eigenvalue weighted by atomic mass is 10.1. The Hall–Kier alpha value is -1.87. The van der Waals surface area contributed by atoms with Gasteiger partial charge in [-0.2, -0.15) is 0 Å².